The van der Waals surface area contributed by atoms with Crippen molar-refractivity contribution in [2.75, 3.05) is 5.94 Å². The van der Waals surface area contributed by atoms with E-state index in [2.05, 4.69) is 0 Å². The Hall–Kier alpha value is 0.667. The van der Waals surface area contributed by atoms with Gasteiger partial charge in [-0.1, -0.05) is 0 Å². The predicted molar refractivity (Wildman–Crippen MR) is 23.6 cm³/mol. The molecule has 0 saturated carbocycles. The van der Waals surface area contributed by atoms with Gasteiger partial charge in [-0.2, -0.15) is 0 Å². The molecule has 6 heavy (non-hydrogen) atoms. The summed E-state index contributed by atoms with van der Waals surface area (Å²) in [6, 6.07) is 0. The van der Waals surface area contributed by atoms with Crippen LogP contribution in [0.3, 0.4) is 0 Å². The third-order valence-electron chi connectivity index (χ3n) is 0.110. The first-order valence-electron chi connectivity index (χ1n) is 0.954. The maximum absolute atomic E-state index is 9.23. The van der Waals surface area contributed by atoms with Crippen LogP contribution in [0.2, 0.25) is 0 Å². The first-order chi connectivity index (χ1) is 2.27. The summed E-state index contributed by atoms with van der Waals surface area (Å²) in [7, 11) is 0. The average Bonchev–Trinajstić information content (AvgIpc) is 1.38. The summed E-state index contributed by atoms with van der Waals surface area (Å²) in [5, 5.41) is 7.59. The fourth-order valence-electron chi connectivity index (χ4n) is 0. The number of rotatable bonds is 1. The Kier molecular flexibility index (Phi) is 9.29. The van der Waals surface area contributed by atoms with E-state index in [4.69, 9.17) is 9.66 Å². The van der Waals surface area contributed by atoms with E-state index in [1.54, 1.807) is 0 Å². The summed E-state index contributed by atoms with van der Waals surface area (Å²) in [4.78, 5) is 0. The minimum absolute atomic E-state index is 0. The van der Waals surface area contributed by atoms with Gasteiger partial charge in [0.15, 0.2) is 11.1 Å². The first-order valence-corrected chi connectivity index (χ1v) is 2.23. The Bertz CT molecular complexity index is 46.1. The zero-order chi connectivity index (χ0) is 4.28. The van der Waals surface area contributed by atoms with Crippen molar-refractivity contribution in [3.8, 4) is 0 Å². The van der Waals surface area contributed by atoms with Crippen LogP contribution in [0.1, 0.15) is 0 Å². The minimum Gasteiger partial charge on any atom is -0.381 e. The fraction of sp³-hybridized carbons (Fsp3) is 1.00. The summed E-state index contributed by atoms with van der Waals surface area (Å²) in [5.41, 5.74) is 0. The first kappa shape index (κ1) is 9.83. The molecule has 0 saturated heterocycles. The normalized spacial score (nSPS) is 12.3. The molecular weight excluding hydrogens is 99.0 g/mol. The largest absolute Gasteiger partial charge is 0.381 e. The maximum atomic E-state index is 9.23. The molecule has 0 fully saturated rings. The molecule has 1 radical (unpaired) electrons. The van der Waals surface area contributed by atoms with E-state index < -0.39 is 17.0 Å². The number of hydrogen-bond donors (Lipinski definition) is 2. The van der Waals surface area contributed by atoms with Crippen LogP contribution >= 0.6 is 0 Å². The monoisotopic (exact) mass is 103 g/mol. The van der Waals surface area contributed by atoms with Crippen LogP contribution in [0, 0.1) is 0 Å². The molecule has 0 aliphatic heterocycles. The zero-order valence-corrected chi connectivity index (χ0v) is 4.23. The molecule has 1 atom stereocenters. The van der Waals surface area contributed by atoms with Crippen LogP contribution in [0.5, 0.6) is 0 Å². The summed E-state index contributed by atoms with van der Waals surface area (Å²) in [6.07, 6.45) is 0. The van der Waals surface area contributed by atoms with Crippen molar-refractivity contribution in [2.24, 2.45) is 0 Å². The molecule has 0 aliphatic carbocycles. The van der Waals surface area contributed by atoms with E-state index in [0.717, 1.165) is 0 Å². The van der Waals surface area contributed by atoms with E-state index in [1.165, 1.54) is 0 Å². The molecule has 3 nitrogen and oxygen atoms in total. The van der Waals surface area contributed by atoms with E-state index in [-0.39, 0.29) is 18.9 Å². The van der Waals surface area contributed by atoms with Gasteiger partial charge < -0.3 is 9.66 Å². The van der Waals surface area contributed by atoms with Gasteiger partial charge in [0.2, 0.25) is 0 Å². The standard InChI is InChI=1S/CH4O3S.Li/c2-1-5(3)4;/h2H,1H2,(H,3,4);. The Balaban J connectivity index is 0. The summed E-state index contributed by atoms with van der Waals surface area (Å²) >= 11 is -2.02. The van der Waals surface area contributed by atoms with Crippen LogP contribution in [-0.2, 0) is 11.1 Å². The van der Waals surface area contributed by atoms with Gasteiger partial charge in [0.1, 0.15) is 5.94 Å². The van der Waals surface area contributed by atoms with E-state index in [1.807, 2.05) is 0 Å². The quantitative estimate of drug-likeness (QED) is 0.323. The van der Waals surface area contributed by atoms with Crippen molar-refractivity contribution in [2.45, 2.75) is 0 Å². The summed E-state index contributed by atoms with van der Waals surface area (Å²) in [6.45, 7) is 0. The summed E-state index contributed by atoms with van der Waals surface area (Å²) in [5.74, 6) is -0.667. The van der Waals surface area contributed by atoms with Crippen LogP contribution in [-0.4, -0.2) is 38.7 Å². The molecule has 0 bridgehead atoms. The van der Waals surface area contributed by atoms with Crippen molar-refractivity contribution in [3.05, 3.63) is 0 Å². The van der Waals surface area contributed by atoms with Gasteiger partial charge in [0, 0.05) is 18.9 Å². The van der Waals surface area contributed by atoms with Gasteiger partial charge in [-0.05, 0) is 0 Å². The SMILES string of the molecule is O=S(O)CO.[Li]. The number of aliphatic hydroxyl groups is 1. The molecule has 0 aromatic rings. The molecule has 1 unspecified atom stereocenters. The van der Waals surface area contributed by atoms with Gasteiger partial charge in [-0.25, -0.2) is 4.21 Å². The van der Waals surface area contributed by atoms with Crippen LogP contribution < -0.4 is 0 Å². The second-order valence-corrected chi connectivity index (χ2v) is 1.35. The van der Waals surface area contributed by atoms with Crippen molar-refractivity contribution in [3.63, 3.8) is 0 Å². The Morgan fingerprint density at radius 2 is 1.83 bits per heavy atom. The van der Waals surface area contributed by atoms with E-state index >= 15 is 0 Å². The van der Waals surface area contributed by atoms with Crippen molar-refractivity contribution in [1.29, 1.82) is 0 Å². The van der Waals surface area contributed by atoms with Crippen LogP contribution in [0.15, 0.2) is 0 Å². The van der Waals surface area contributed by atoms with Crippen molar-refractivity contribution >= 4 is 29.9 Å². The topological polar surface area (TPSA) is 57.5 Å². The minimum atomic E-state index is -2.02. The molecule has 0 aromatic carbocycles. The molecule has 0 heterocycles. The average molecular weight is 103 g/mol. The molecule has 33 valence electrons. The molecule has 0 rings (SSSR count). The van der Waals surface area contributed by atoms with Crippen LogP contribution in [0.25, 0.3) is 0 Å². The second kappa shape index (κ2) is 5.67. The molecule has 2 N–H and O–H groups in total. The Morgan fingerprint density at radius 1 is 1.67 bits per heavy atom. The third kappa shape index (κ3) is 8.82. The predicted octanol–water partition coefficient (Wildman–Crippen LogP) is -1.22. The summed E-state index contributed by atoms with van der Waals surface area (Å²) < 4.78 is 16.8. The third-order valence-corrected chi connectivity index (χ3v) is 0.331. The molecule has 0 spiro atoms. The Morgan fingerprint density at radius 3 is 1.83 bits per heavy atom. The fourth-order valence-corrected chi connectivity index (χ4v) is 0. The van der Waals surface area contributed by atoms with Crippen molar-refractivity contribution < 1.29 is 13.9 Å². The van der Waals surface area contributed by atoms with Gasteiger partial charge in [0.25, 0.3) is 0 Å². The van der Waals surface area contributed by atoms with Gasteiger partial charge in [-0.3, -0.25) is 0 Å². The Labute approximate surface area is 50.2 Å². The molecule has 0 aliphatic rings. The molecule has 5 heteroatoms. The molecule has 0 aromatic heterocycles. The maximum Gasteiger partial charge on any atom is 0.179 e. The second-order valence-electron chi connectivity index (χ2n) is 0.451. The zero-order valence-electron chi connectivity index (χ0n) is 3.42. The van der Waals surface area contributed by atoms with Gasteiger partial charge >= 0.3 is 0 Å². The molecular formula is CH4LiO3S. The molecule has 0 amide bonds. The van der Waals surface area contributed by atoms with Crippen LogP contribution in [0.4, 0.5) is 0 Å². The number of aliphatic hydroxyl groups excluding tert-OH is 1. The smallest absolute Gasteiger partial charge is 0.179 e. The van der Waals surface area contributed by atoms with Gasteiger partial charge in [-0.15, -0.1) is 0 Å². The van der Waals surface area contributed by atoms with Crippen molar-refractivity contribution in [1.82, 2.24) is 0 Å². The van der Waals surface area contributed by atoms with Gasteiger partial charge in [0.05, 0.1) is 0 Å². The number of hydrogen-bond acceptors (Lipinski definition) is 2. The van der Waals surface area contributed by atoms with E-state index in [0.29, 0.717) is 0 Å². The van der Waals surface area contributed by atoms with E-state index in [9.17, 15) is 4.21 Å².